The highest BCUT2D eigenvalue weighted by molar-refractivity contribution is 5.89. The van der Waals surface area contributed by atoms with E-state index in [4.69, 9.17) is 4.74 Å². The number of hydrogen-bond acceptors (Lipinski definition) is 6. The van der Waals surface area contributed by atoms with Gasteiger partial charge in [-0.25, -0.2) is 28.3 Å². The smallest absolute Gasteiger partial charge is 0.337 e. The van der Waals surface area contributed by atoms with E-state index in [9.17, 15) is 18.8 Å². The van der Waals surface area contributed by atoms with E-state index < -0.39 is 23.2 Å². The Hall–Kier alpha value is -4.73. The Morgan fingerprint density at radius 2 is 1.70 bits per heavy atom. The molecule has 4 aromatic rings. The molecule has 10 heteroatoms. The highest BCUT2D eigenvalue weighted by Gasteiger charge is 2.11. The summed E-state index contributed by atoms with van der Waals surface area (Å²) >= 11 is 0. The summed E-state index contributed by atoms with van der Waals surface area (Å²) < 4.78 is 27.5. The number of benzene rings is 3. The number of halogens is 1. The monoisotopic (exact) mass is 504 g/mol. The zero-order valence-electron chi connectivity index (χ0n) is 20.5. The first kappa shape index (κ1) is 25.4. The van der Waals surface area contributed by atoms with Gasteiger partial charge in [0.2, 0.25) is 5.62 Å². The Morgan fingerprint density at radius 1 is 1.00 bits per heavy atom. The minimum atomic E-state index is -0.701. The molecular formula is C27H25FN4O5. The van der Waals surface area contributed by atoms with Gasteiger partial charge in [0, 0.05) is 12.6 Å². The third-order valence-corrected chi connectivity index (χ3v) is 5.61. The first-order valence-corrected chi connectivity index (χ1v) is 11.5. The number of aromatic amines is 1. The number of aryl methyl sites for hydroxylation is 1. The van der Waals surface area contributed by atoms with Crippen LogP contribution in [0, 0.1) is 12.7 Å². The number of carbonyl (C=O) groups is 1. The summed E-state index contributed by atoms with van der Waals surface area (Å²) in [5.41, 5.74) is 1.28. The minimum absolute atomic E-state index is 0.00765. The maximum atomic E-state index is 14.9. The molecule has 1 N–H and O–H groups in total. The molecule has 0 bridgehead atoms. The van der Waals surface area contributed by atoms with Gasteiger partial charge in [-0.05, 0) is 55.8 Å². The Bertz CT molecular complexity index is 1620. The van der Waals surface area contributed by atoms with Gasteiger partial charge in [0.1, 0.15) is 5.75 Å². The van der Waals surface area contributed by atoms with E-state index in [0.29, 0.717) is 11.3 Å². The number of rotatable bonds is 7. The number of methoxy groups -OCH3 is 1. The van der Waals surface area contributed by atoms with Gasteiger partial charge < -0.3 is 9.47 Å². The Balaban J connectivity index is 1.68. The van der Waals surface area contributed by atoms with Gasteiger partial charge in [0.25, 0.3) is 0 Å². The molecule has 0 aliphatic rings. The first-order valence-electron chi connectivity index (χ1n) is 11.5. The van der Waals surface area contributed by atoms with E-state index in [-0.39, 0.29) is 30.1 Å². The molecule has 0 aliphatic carbocycles. The fourth-order valence-electron chi connectivity index (χ4n) is 3.61. The van der Waals surface area contributed by atoms with Crippen LogP contribution in [0.1, 0.15) is 28.4 Å². The molecule has 4 rings (SSSR count). The third kappa shape index (κ3) is 5.75. The second-order valence-corrected chi connectivity index (χ2v) is 8.20. The molecule has 3 aromatic carbocycles. The number of H-pyrrole nitrogens is 1. The number of nitrogens with one attached hydrogen (secondary N) is 1. The molecule has 0 spiro atoms. The van der Waals surface area contributed by atoms with Gasteiger partial charge in [-0.3, -0.25) is 9.55 Å². The van der Waals surface area contributed by atoms with Crippen LogP contribution in [0.3, 0.4) is 0 Å². The lowest BCUT2D eigenvalue weighted by molar-refractivity contribution is 0.0600. The molecule has 37 heavy (non-hydrogen) atoms. The van der Waals surface area contributed by atoms with Crippen LogP contribution >= 0.6 is 0 Å². The molecule has 0 unspecified atom stereocenters. The van der Waals surface area contributed by atoms with Gasteiger partial charge in [-0.1, -0.05) is 29.8 Å². The van der Waals surface area contributed by atoms with Crippen LogP contribution in [0.2, 0.25) is 0 Å². The molecule has 0 atom stereocenters. The zero-order valence-corrected chi connectivity index (χ0v) is 20.5. The van der Waals surface area contributed by atoms with Crippen molar-refractivity contribution in [2.24, 2.45) is 4.99 Å². The van der Waals surface area contributed by atoms with Crippen molar-refractivity contribution in [1.82, 2.24) is 14.1 Å². The summed E-state index contributed by atoms with van der Waals surface area (Å²) in [4.78, 5) is 44.0. The average Bonchev–Trinajstić information content (AvgIpc) is 2.89. The van der Waals surface area contributed by atoms with Crippen LogP contribution in [0.15, 0.2) is 81.3 Å². The number of carbonyl (C=O) groups excluding carboxylic acids is 1. The number of aromatic nitrogens is 3. The van der Waals surface area contributed by atoms with Crippen LogP contribution in [0.5, 0.6) is 11.5 Å². The van der Waals surface area contributed by atoms with E-state index in [1.807, 2.05) is 31.2 Å². The second-order valence-electron chi connectivity index (χ2n) is 8.20. The number of hydrogen-bond donors (Lipinski definition) is 1. The second kappa shape index (κ2) is 10.9. The van der Waals surface area contributed by atoms with Gasteiger partial charge in [-0.2, -0.15) is 0 Å². The number of ether oxygens (including phenoxy) is 2. The van der Waals surface area contributed by atoms with E-state index >= 15 is 0 Å². The van der Waals surface area contributed by atoms with Crippen molar-refractivity contribution in [2.45, 2.75) is 26.9 Å². The van der Waals surface area contributed by atoms with E-state index in [0.717, 1.165) is 21.8 Å². The van der Waals surface area contributed by atoms with Crippen molar-refractivity contribution in [3.05, 3.63) is 116 Å². The quantitative estimate of drug-likeness (QED) is 0.387. The van der Waals surface area contributed by atoms with Crippen molar-refractivity contribution in [3.8, 4) is 11.5 Å². The average molecular weight is 505 g/mol. The van der Waals surface area contributed by atoms with Crippen molar-refractivity contribution in [1.29, 1.82) is 0 Å². The fraction of sp³-hybridized carbons (Fsp3) is 0.185. The summed E-state index contributed by atoms with van der Waals surface area (Å²) in [6, 6.07) is 17.7. The topological polar surface area (TPSA) is 108 Å². The van der Waals surface area contributed by atoms with Crippen LogP contribution < -0.4 is 21.7 Å². The highest BCUT2D eigenvalue weighted by atomic mass is 19.1. The Labute approximate surface area is 211 Å². The lowest BCUT2D eigenvalue weighted by Crippen LogP contribution is -2.49. The molecule has 190 valence electrons. The first-order chi connectivity index (χ1) is 17.8. The highest BCUT2D eigenvalue weighted by Crippen LogP contribution is 2.27. The maximum Gasteiger partial charge on any atom is 0.337 e. The van der Waals surface area contributed by atoms with Crippen LogP contribution in [0.25, 0.3) is 0 Å². The summed E-state index contributed by atoms with van der Waals surface area (Å²) in [5, 5.41) is 0. The number of nitrogens with zero attached hydrogens (tertiary/aromatic N) is 3. The maximum absolute atomic E-state index is 14.9. The number of esters is 1. The molecule has 0 saturated heterocycles. The van der Waals surface area contributed by atoms with Gasteiger partial charge in [0.05, 0.1) is 24.9 Å². The Kier molecular flexibility index (Phi) is 7.47. The normalized spacial score (nSPS) is 11.4. The summed E-state index contributed by atoms with van der Waals surface area (Å²) in [5.74, 6) is -0.938. The van der Waals surface area contributed by atoms with E-state index in [1.165, 1.54) is 48.1 Å². The summed E-state index contributed by atoms with van der Waals surface area (Å²) in [6.07, 6.45) is 0. The molecule has 0 aliphatic heterocycles. The van der Waals surface area contributed by atoms with Gasteiger partial charge in [-0.15, -0.1) is 0 Å². The summed E-state index contributed by atoms with van der Waals surface area (Å²) in [6.45, 7) is 4.01. The van der Waals surface area contributed by atoms with Crippen molar-refractivity contribution >= 4 is 11.7 Å². The predicted octanol–water partition coefficient (Wildman–Crippen LogP) is 3.67. The van der Waals surface area contributed by atoms with Crippen molar-refractivity contribution in [2.75, 3.05) is 7.11 Å². The molecule has 9 nitrogen and oxygen atoms in total. The van der Waals surface area contributed by atoms with Crippen molar-refractivity contribution in [3.63, 3.8) is 0 Å². The van der Waals surface area contributed by atoms with E-state index in [1.54, 1.807) is 6.92 Å². The molecule has 1 aromatic heterocycles. The SMILES string of the molecule is CCn1c(=O)[nH]/c(=N\c2ccc(Oc3ccc(C(=O)OC)cc3)c(F)c2)n(Cc2ccc(C)cc2)c1=O. The minimum Gasteiger partial charge on any atom is -0.465 e. The molecule has 0 fully saturated rings. The van der Waals surface area contributed by atoms with Crippen LogP contribution in [0.4, 0.5) is 10.1 Å². The van der Waals surface area contributed by atoms with Gasteiger partial charge in [0.15, 0.2) is 11.6 Å². The summed E-state index contributed by atoms with van der Waals surface area (Å²) in [7, 11) is 1.28. The van der Waals surface area contributed by atoms with Gasteiger partial charge >= 0.3 is 17.3 Å². The Morgan fingerprint density at radius 3 is 2.32 bits per heavy atom. The third-order valence-electron chi connectivity index (χ3n) is 5.61. The predicted molar refractivity (Wildman–Crippen MR) is 135 cm³/mol. The molecule has 1 heterocycles. The zero-order chi connectivity index (χ0) is 26.5. The van der Waals surface area contributed by atoms with E-state index in [2.05, 4.69) is 14.7 Å². The van der Waals surface area contributed by atoms with Crippen LogP contribution in [-0.4, -0.2) is 27.2 Å². The lowest BCUT2D eigenvalue weighted by Gasteiger charge is -2.11. The molecule has 0 amide bonds. The lowest BCUT2D eigenvalue weighted by atomic mass is 10.1. The largest absolute Gasteiger partial charge is 0.465 e. The molecule has 0 saturated carbocycles. The molecule has 0 radical (unpaired) electrons. The van der Waals surface area contributed by atoms with Crippen LogP contribution in [-0.2, 0) is 17.8 Å². The molecular weight excluding hydrogens is 479 g/mol. The standard InChI is InChI=1S/C27H25FN4O5/c1-4-31-26(34)30-25(32(27(31)35)16-18-7-5-17(2)6-8-18)29-20-11-14-23(22(28)15-20)37-21-12-9-19(10-13-21)24(33)36-3/h5-15H,4,16H2,1-3H3,(H,29,30,34). The van der Waals surface area contributed by atoms with Crippen molar-refractivity contribution < 1.29 is 18.7 Å². The fourth-order valence-corrected chi connectivity index (χ4v) is 3.61.